The second kappa shape index (κ2) is 7.79. The largest absolute Gasteiger partial charge is 0.329 e. The van der Waals surface area contributed by atoms with Gasteiger partial charge in [0.1, 0.15) is 0 Å². The van der Waals surface area contributed by atoms with Crippen LogP contribution in [-0.4, -0.2) is 37.0 Å². The van der Waals surface area contributed by atoms with E-state index in [9.17, 15) is 0 Å². The lowest BCUT2D eigenvalue weighted by molar-refractivity contribution is 0.265. The minimum Gasteiger partial charge on any atom is -0.329 e. The van der Waals surface area contributed by atoms with Crippen LogP contribution in [0.4, 0.5) is 0 Å². The van der Waals surface area contributed by atoms with Crippen molar-refractivity contribution >= 4 is 43.6 Å². The van der Waals surface area contributed by atoms with Crippen molar-refractivity contribution < 1.29 is 0 Å². The molecule has 1 unspecified atom stereocenters. The molecule has 0 bridgehead atoms. The third-order valence-electron chi connectivity index (χ3n) is 2.73. The molecule has 96 valence electrons. The van der Waals surface area contributed by atoms with E-state index in [-0.39, 0.29) is 6.04 Å². The van der Waals surface area contributed by atoms with Crippen LogP contribution < -0.4 is 5.73 Å². The molecule has 0 fully saturated rings. The second-order valence-corrected chi connectivity index (χ2v) is 6.59. The molecule has 0 saturated heterocycles. The Morgan fingerprint density at radius 3 is 2.59 bits per heavy atom. The molecule has 5 heteroatoms. The van der Waals surface area contributed by atoms with E-state index < -0.39 is 0 Å². The summed E-state index contributed by atoms with van der Waals surface area (Å²) in [7, 11) is 2.13. The van der Waals surface area contributed by atoms with E-state index in [4.69, 9.17) is 5.73 Å². The van der Waals surface area contributed by atoms with Gasteiger partial charge in [-0.15, -0.1) is 0 Å². The predicted octanol–water partition coefficient (Wildman–Crippen LogP) is 3.51. The van der Waals surface area contributed by atoms with Crippen molar-refractivity contribution in [3.05, 3.63) is 32.7 Å². The Labute approximate surface area is 125 Å². The van der Waals surface area contributed by atoms with Gasteiger partial charge >= 0.3 is 0 Å². The number of hydrogen-bond acceptors (Lipinski definition) is 3. The summed E-state index contributed by atoms with van der Waals surface area (Å²) in [5, 5.41) is 0. The molecule has 0 aromatic heterocycles. The molecule has 1 aromatic rings. The maximum absolute atomic E-state index is 5.89. The summed E-state index contributed by atoms with van der Waals surface area (Å²) in [4.78, 5) is 2.31. The normalized spacial score (nSPS) is 13.1. The van der Waals surface area contributed by atoms with Gasteiger partial charge < -0.3 is 5.73 Å². The molecule has 0 radical (unpaired) electrons. The topological polar surface area (TPSA) is 29.3 Å². The molecule has 1 aromatic carbocycles. The zero-order valence-electron chi connectivity index (χ0n) is 10.1. The van der Waals surface area contributed by atoms with Crippen LogP contribution in [0.2, 0.25) is 0 Å². The summed E-state index contributed by atoms with van der Waals surface area (Å²) in [5.74, 6) is 1.13. The van der Waals surface area contributed by atoms with Crippen molar-refractivity contribution in [2.75, 3.05) is 32.1 Å². The van der Waals surface area contributed by atoms with Crippen LogP contribution in [0.15, 0.2) is 27.1 Å². The molecule has 0 heterocycles. The van der Waals surface area contributed by atoms with Gasteiger partial charge in [0.15, 0.2) is 0 Å². The number of nitrogens with two attached hydrogens (primary N) is 1. The summed E-state index contributed by atoms with van der Waals surface area (Å²) in [6.07, 6.45) is 2.13. The highest BCUT2D eigenvalue weighted by molar-refractivity contribution is 9.13. The first kappa shape index (κ1) is 15.5. The Morgan fingerprint density at radius 1 is 1.35 bits per heavy atom. The monoisotopic (exact) mass is 380 g/mol. The number of hydrogen-bond donors (Lipinski definition) is 1. The Morgan fingerprint density at radius 2 is 2.06 bits per heavy atom. The van der Waals surface area contributed by atoms with E-state index in [1.807, 2.05) is 11.8 Å². The Hall–Kier alpha value is 0.450. The van der Waals surface area contributed by atoms with Crippen molar-refractivity contribution in [1.82, 2.24) is 4.90 Å². The summed E-state index contributed by atoms with van der Waals surface area (Å²) < 4.78 is 2.15. The molecule has 0 amide bonds. The van der Waals surface area contributed by atoms with Crippen molar-refractivity contribution in [1.29, 1.82) is 0 Å². The smallest absolute Gasteiger partial charge is 0.0468 e. The van der Waals surface area contributed by atoms with Gasteiger partial charge in [0.2, 0.25) is 0 Å². The Kier molecular flexibility index (Phi) is 7.11. The van der Waals surface area contributed by atoms with Gasteiger partial charge in [0.05, 0.1) is 0 Å². The van der Waals surface area contributed by atoms with Crippen LogP contribution in [0.5, 0.6) is 0 Å². The Bertz CT molecular complexity index is 360. The van der Waals surface area contributed by atoms with E-state index >= 15 is 0 Å². The van der Waals surface area contributed by atoms with Crippen LogP contribution in [0, 0.1) is 0 Å². The first-order valence-corrected chi connectivity index (χ1v) is 8.42. The highest BCUT2D eigenvalue weighted by Gasteiger charge is 2.15. The second-order valence-electron chi connectivity index (χ2n) is 3.90. The molecule has 0 aliphatic carbocycles. The average molecular weight is 382 g/mol. The van der Waals surface area contributed by atoms with Crippen LogP contribution >= 0.6 is 43.6 Å². The van der Waals surface area contributed by atoms with Crippen molar-refractivity contribution in [3.63, 3.8) is 0 Å². The number of benzene rings is 1. The van der Waals surface area contributed by atoms with Crippen LogP contribution in [0.1, 0.15) is 11.6 Å². The molecule has 0 aliphatic heterocycles. The number of nitrogens with zero attached hydrogens (tertiary/aromatic N) is 1. The van der Waals surface area contributed by atoms with Crippen molar-refractivity contribution in [2.45, 2.75) is 6.04 Å². The molecular weight excluding hydrogens is 364 g/mol. The molecule has 1 atom stereocenters. The van der Waals surface area contributed by atoms with E-state index in [0.717, 1.165) is 21.2 Å². The molecule has 2 N–H and O–H groups in total. The van der Waals surface area contributed by atoms with Crippen LogP contribution in [-0.2, 0) is 0 Å². The summed E-state index contributed by atoms with van der Waals surface area (Å²) in [6, 6.07) is 6.61. The minimum atomic E-state index is 0.284. The highest BCUT2D eigenvalue weighted by atomic mass is 79.9. The quantitative estimate of drug-likeness (QED) is 0.817. The maximum Gasteiger partial charge on any atom is 0.0468 e. The van der Waals surface area contributed by atoms with Gasteiger partial charge in [0, 0.05) is 33.8 Å². The molecular formula is C12H18Br2N2S. The summed E-state index contributed by atoms with van der Waals surface area (Å²) in [5.41, 5.74) is 7.15. The van der Waals surface area contributed by atoms with Gasteiger partial charge in [-0.1, -0.05) is 6.07 Å². The zero-order valence-corrected chi connectivity index (χ0v) is 14.1. The van der Waals surface area contributed by atoms with E-state index in [1.54, 1.807) is 0 Å². The third-order valence-corrected chi connectivity index (χ3v) is 5.20. The van der Waals surface area contributed by atoms with Crippen molar-refractivity contribution in [3.8, 4) is 0 Å². The lowest BCUT2D eigenvalue weighted by Gasteiger charge is -2.27. The maximum atomic E-state index is 5.89. The molecule has 17 heavy (non-hydrogen) atoms. The van der Waals surface area contributed by atoms with E-state index in [0.29, 0.717) is 6.54 Å². The lowest BCUT2D eigenvalue weighted by atomic mass is 10.1. The SMILES string of the molecule is CSCCN(C)C(CN)c1ccc(Br)c(Br)c1. The number of likely N-dealkylation sites (N-methyl/N-ethyl adjacent to an activating group) is 1. The van der Waals surface area contributed by atoms with Gasteiger partial charge in [-0.05, 0) is 62.9 Å². The molecule has 2 nitrogen and oxygen atoms in total. The standard InChI is InChI=1S/C12H18Br2N2S/c1-16(5-6-17-2)12(8-15)9-3-4-10(13)11(14)7-9/h3-4,7,12H,5-6,8,15H2,1-2H3. The minimum absolute atomic E-state index is 0.284. The number of thioether (sulfide) groups is 1. The summed E-state index contributed by atoms with van der Waals surface area (Å²) >= 11 is 8.88. The van der Waals surface area contributed by atoms with Gasteiger partial charge in [0.25, 0.3) is 0 Å². The zero-order chi connectivity index (χ0) is 12.8. The molecule has 0 saturated carbocycles. The predicted molar refractivity (Wildman–Crippen MR) is 84.6 cm³/mol. The number of rotatable bonds is 6. The Balaban J connectivity index is 2.81. The fraction of sp³-hybridized carbons (Fsp3) is 0.500. The van der Waals surface area contributed by atoms with Crippen LogP contribution in [0.25, 0.3) is 0 Å². The van der Waals surface area contributed by atoms with E-state index in [2.05, 4.69) is 68.3 Å². The van der Waals surface area contributed by atoms with Crippen LogP contribution in [0.3, 0.4) is 0 Å². The first-order chi connectivity index (χ1) is 8.10. The van der Waals surface area contributed by atoms with Gasteiger partial charge in [-0.25, -0.2) is 0 Å². The molecule has 1 rings (SSSR count). The first-order valence-electron chi connectivity index (χ1n) is 5.44. The summed E-state index contributed by atoms with van der Waals surface area (Å²) in [6.45, 7) is 1.69. The van der Waals surface area contributed by atoms with Crippen molar-refractivity contribution in [2.24, 2.45) is 5.73 Å². The average Bonchev–Trinajstić information content (AvgIpc) is 2.32. The van der Waals surface area contributed by atoms with Gasteiger partial charge in [-0.2, -0.15) is 11.8 Å². The fourth-order valence-electron chi connectivity index (χ4n) is 1.68. The molecule has 0 aliphatic rings. The fourth-order valence-corrected chi connectivity index (χ4v) is 2.79. The highest BCUT2D eigenvalue weighted by Crippen LogP contribution is 2.28. The lowest BCUT2D eigenvalue weighted by Crippen LogP contribution is -2.32. The number of halogens is 2. The molecule has 0 spiro atoms. The third kappa shape index (κ3) is 4.56. The van der Waals surface area contributed by atoms with Gasteiger partial charge in [-0.3, -0.25) is 4.90 Å². The van der Waals surface area contributed by atoms with E-state index in [1.165, 1.54) is 5.56 Å².